The number of aromatic nitrogens is 2. The van der Waals surface area contributed by atoms with Crippen LogP contribution in [-0.2, 0) is 11.3 Å². The molecule has 19 heavy (non-hydrogen) atoms. The predicted molar refractivity (Wildman–Crippen MR) is 74.7 cm³/mol. The van der Waals surface area contributed by atoms with Gasteiger partial charge in [0.1, 0.15) is 0 Å². The molecule has 4 nitrogen and oxygen atoms in total. The van der Waals surface area contributed by atoms with Gasteiger partial charge in [-0.2, -0.15) is 5.10 Å². The van der Waals surface area contributed by atoms with E-state index in [0.29, 0.717) is 12.1 Å². The average Bonchev–Trinajstić information content (AvgIpc) is 2.87. The first kappa shape index (κ1) is 12.4. The van der Waals surface area contributed by atoms with Gasteiger partial charge in [-0.15, -0.1) is 0 Å². The Labute approximate surface area is 113 Å². The summed E-state index contributed by atoms with van der Waals surface area (Å²) in [5.74, 6) is 0. The third-order valence-corrected chi connectivity index (χ3v) is 3.79. The van der Waals surface area contributed by atoms with Crippen molar-refractivity contribution in [1.29, 1.82) is 0 Å². The standard InChI is InChI=1S/C15H19N3O/c1-19-14-7-13(8-14)16-9-12-10-17-18-15(12)11-5-3-2-4-6-11/h2-6,10,13-14,16H,7-9H2,1H3,(H,17,18). The number of nitrogens with one attached hydrogen (secondary N) is 2. The van der Waals surface area contributed by atoms with Crippen molar-refractivity contribution in [2.45, 2.75) is 31.5 Å². The molecule has 0 bridgehead atoms. The lowest BCUT2D eigenvalue weighted by molar-refractivity contribution is 0.0170. The lowest BCUT2D eigenvalue weighted by Crippen LogP contribution is -2.44. The van der Waals surface area contributed by atoms with Crippen LogP contribution in [0.5, 0.6) is 0 Å². The van der Waals surface area contributed by atoms with Crippen LogP contribution in [0.15, 0.2) is 36.5 Å². The highest BCUT2D eigenvalue weighted by molar-refractivity contribution is 5.62. The van der Waals surface area contributed by atoms with Crippen molar-refractivity contribution in [2.24, 2.45) is 0 Å². The van der Waals surface area contributed by atoms with Crippen molar-refractivity contribution in [3.8, 4) is 11.3 Å². The second-order valence-corrected chi connectivity index (χ2v) is 5.04. The van der Waals surface area contributed by atoms with E-state index in [1.54, 1.807) is 7.11 Å². The molecule has 1 aromatic carbocycles. The van der Waals surface area contributed by atoms with Crippen LogP contribution >= 0.6 is 0 Å². The van der Waals surface area contributed by atoms with Gasteiger partial charge < -0.3 is 10.1 Å². The number of benzene rings is 1. The first-order valence-electron chi connectivity index (χ1n) is 6.70. The number of hydrogen-bond acceptors (Lipinski definition) is 3. The van der Waals surface area contributed by atoms with E-state index in [1.165, 1.54) is 11.1 Å². The first-order valence-corrected chi connectivity index (χ1v) is 6.70. The van der Waals surface area contributed by atoms with Crippen LogP contribution in [0.4, 0.5) is 0 Å². The number of aromatic amines is 1. The molecule has 1 aliphatic rings. The molecule has 0 amide bonds. The molecular weight excluding hydrogens is 238 g/mol. The van der Waals surface area contributed by atoms with Crippen LogP contribution in [0.3, 0.4) is 0 Å². The highest BCUT2D eigenvalue weighted by atomic mass is 16.5. The fourth-order valence-electron chi connectivity index (χ4n) is 2.48. The maximum absolute atomic E-state index is 5.29. The number of H-pyrrole nitrogens is 1. The van der Waals surface area contributed by atoms with E-state index in [9.17, 15) is 0 Å². The zero-order chi connectivity index (χ0) is 13.1. The quantitative estimate of drug-likeness (QED) is 0.864. The molecule has 0 spiro atoms. The van der Waals surface area contributed by atoms with Gasteiger partial charge in [-0.25, -0.2) is 0 Å². The maximum Gasteiger partial charge on any atom is 0.0695 e. The summed E-state index contributed by atoms with van der Waals surface area (Å²) < 4.78 is 5.29. The molecule has 0 saturated heterocycles. The number of nitrogens with zero attached hydrogens (tertiary/aromatic N) is 1. The van der Waals surface area contributed by atoms with Gasteiger partial charge in [-0.3, -0.25) is 5.10 Å². The second-order valence-electron chi connectivity index (χ2n) is 5.04. The Bertz CT molecular complexity index is 517. The molecule has 0 aliphatic heterocycles. The van der Waals surface area contributed by atoms with Gasteiger partial charge in [0, 0.05) is 25.3 Å². The molecular formula is C15H19N3O. The van der Waals surface area contributed by atoms with Gasteiger partial charge in [0.25, 0.3) is 0 Å². The number of methoxy groups -OCH3 is 1. The minimum atomic E-state index is 0.440. The van der Waals surface area contributed by atoms with Crippen molar-refractivity contribution < 1.29 is 4.74 Å². The molecule has 2 N–H and O–H groups in total. The lowest BCUT2D eigenvalue weighted by atomic mass is 9.89. The second kappa shape index (κ2) is 5.55. The molecule has 0 atom stereocenters. The van der Waals surface area contributed by atoms with Gasteiger partial charge in [0.05, 0.1) is 18.0 Å². The minimum Gasteiger partial charge on any atom is -0.381 e. The predicted octanol–water partition coefficient (Wildman–Crippen LogP) is 2.34. The Kier molecular flexibility index (Phi) is 3.62. The summed E-state index contributed by atoms with van der Waals surface area (Å²) in [5.41, 5.74) is 3.50. The monoisotopic (exact) mass is 257 g/mol. The van der Waals surface area contributed by atoms with Crippen molar-refractivity contribution in [2.75, 3.05) is 7.11 Å². The summed E-state index contributed by atoms with van der Waals surface area (Å²) in [4.78, 5) is 0. The molecule has 1 aromatic heterocycles. The molecule has 4 heteroatoms. The fourth-order valence-corrected chi connectivity index (χ4v) is 2.48. The van der Waals surface area contributed by atoms with Gasteiger partial charge in [0.15, 0.2) is 0 Å². The maximum atomic E-state index is 5.29. The first-order chi connectivity index (χ1) is 9.36. The Morgan fingerprint density at radius 1 is 1.32 bits per heavy atom. The normalized spacial score (nSPS) is 22.2. The molecule has 1 saturated carbocycles. The van der Waals surface area contributed by atoms with E-state index in [-0.39, 0.29) is 0 Å². The van der Waals surface area contributed by atoms with E-state index in [2.05, 4.69) is 27.6 Å². The smallest absolute Gasteiger partial charge is 0.0695 e. The molecule has 1 heterocycles. The SMILES string of the molecule is COC1CC(NCc2cn[nH]c2-c2ccccc2)C1. The van der Waals surface area contributed by atoms with E-state index in [4.69, 9.17) is 4.74 Å². The Hall–Kier alpha value is -1.65. The van der Waals surface area contributed by atoms with E-state index < -0.39 is 0 Å². The summed E-state index contributed by atoms with van der Waals surface area (Å²) in [6, 6.07) is 10.9. The van der Waals surface area contributed by atoms with Crippen molar-refractivity contribution in [3.63, 3.8) is 0 Å². The summed E-state index contributed by atoms with van der Waals surface area (Å²) in [5, 5.41) is 10.8. The summed E-state index contributed by atoms with van der Waals surface area (Å²) in [6.07, 6.45) is 4.56. The van der Waals surface area contributed by atoms with Gasteiger partial charge in [-0.05, 0) is 18.4 Å². The molecule has 1 aliphatic carbocycles. The van der Waals surface area contributed by atoms with Gasteiger partial charge >= 0.3 is 0 Å². The van der Waals surface area contributed by atoms with Crippen LogP contribution < -0.4 is 5.32 Å². The van der Waals surface area contributed by atoms with Crippen LogP contribution in [0.2, 0.25) is 0 Å². The van der Waals surface area contributed by atoms with Gasteiger partial charge in [0.2, 0.25) is 0 Å². The van der Waals surface area contributed by atoms with Crippen molar-refractivity contribution >= 4 is 0 Å². The molecule has 3 rings (SSSR count). The lowest BCUT2D eigenvalue weighted by Gasteiger charge is -2.34. The van der Waals surface area contributed by atoms with Crippen LogP contribution in [0.25, 0.3) is 11.3 Å². The molecule has 1 fully saturated rings. The Morgan fingerprint density at radius 2 is 2.11 bits per heavy atom. The minimum absolute atomic E-state index is 0.440. The van der Waals surface area contributed by atoms with Crippen LogP contribution in [0.1, 0.15) is 18.4 Å². The highest BCUT2D eigenvalue weighted by Gasteiger charge is 2.28. The molecule has 2 aromatic rings. The highest BCUT2D eigenvalue weighted by Crippen LogP contribution is 2.24. The molecule has 0 unspecified atom stereocenters. The van der Waals surface area contributed by atoms with Crippen molar-refractivity contribution in [3.05, 3.63) is 42.1 Å². The third-order valence-electron chi connectivity index (χ3n) is 3.79. The number of ether oxygens (including phenoxy) is 1. The molecule has 100 valence electrons. The van der Waals surface area contributed by atoms with E-state index in [0.717, 1.165) is 25.1 Å². The van der Waals surface area contributed by atoms with Crippen LogP contribution in [0, 0.1) is 0 Å². The zero-order valence-corrected chi connectivity index (χ0v) is 11.1. The van der Waals surface area contributed by atoms with Crippen LogP contribution in [-0.4, -0.2) is 29.5 Å². The average molecular weight is 257 g/mol. The zero-order valence-electron chi connectivity index (χ0n) is 11.1. The number of rotatable bonds is 5. The third kappa shape index (κ3) is 2.69. The molecule has 0 radical (unpaired) electrons. The largest absolute Gasteiger partial charge is 0.381 e. The van der Waals surface area contributed by atoms with Crippen molar-refractivity contribution in [1.82, 2.24) is 15.5 Å². The summed E-state index contributed by atoms with van der Waals surface area (Å²) >= 11 is 0. The van der Waals surface area contributed by atoms with E-state index in [1.807, 2.05) is 24.4 Å². The van der Waals surface area contributed by atoms with E-state index >= 15 is 0 Å². The summed E-state index contributed by atoms with van der Waals surface area (Å²) in [7, 11) is 1.78. The Morgan fingerprint density at radius 3 is 2.84 bits per heavy atom. The topological polar surface area (TPSA) is 49.9 Å². The Balaban J connectivity index is 1.62. The summed E-state index contributed by atoms with van der Waals surface area (Å²) in [6.45, 7) is 0.849. The fraction of sp³-hybridized carbons (Fsp3) is 0.400. The van der Waals surface area contributed by atoms with Gasteiger partial charge in [-0.1, -0.05) is 30.3 Å². The number of hydrogen-bond donors (Lipinski definition) is 2.